The first-order chi connectivity index (χ1) is 38.7. The smallest absolute Gasteiger partial charge is 0.220 e. The van der Waals surface area contributed by atoms with Crippen LogP contribution in [0.5, 0.6) is 0 Å². The summed E-state index contributed by atoms with van der Waals surface area (Å²) in [6.45, 7) is 4.20. The molecule has 0 aromatic heterocycles. The molecule has 0 aliphatic carbocycles. The van der Waals surface area contributed by atoms with Gasteiger partial charge in [-0.15, -0.1) is 0 Å². The summed E-state index contributed by atoms with van der Waals surface area (Å²) in [5.41, 5.74) is 0. The molecule has 0 spiro atoms. The minimum absolute atomic E-state index is 0.0776. The average molecular weight is 1080 g/mol. The second-order valence-corrected chi connectivity index (χ2v) is 22.8. The zero-order valence-corrected chi connectivity index (χ0v) is 51.9. The fourth-order valence-corrected chi connectivity index (χ4v) is 10.1. The maximum atomic E-state index is 12.5. The molecule has 0 aromatic rings. The summed E-state index contributed by atoms with van der Waals surface area (Å²) in [5, 5.41) is 23.2. The Morgan fingerprint density at radius 2 is 0.577 bits per heavy atom. The number of rotatable bonds is 62. The summed E-state index contributed by atoms with van der Waals surface area (Å²) >= 11 is 0. The summed E-state index contributed by atoms with van der Waals surface area (Å²) in [7, 11) is 0. The van der Waals surface area contributed by atoms with Crippen LogP contribution in [0.1, 0.15) is 335 Å². The quantitative estimate of drug-likeness (QED) is 0.0420. The third-order valence-corrected chi connectivity index (χ3v) is 15.2. The van der Waals surface area contributed by atoms with Crippen molar-refractivity contribution >= 4 is 5.91 Å². The van der Waals surface area contributed by atoms with E-state index in [1.54, 1.807) is 6.08 Å². The Morgan fingerprint density at radius 1 is 0.321 bits per heavy atom. The van der Waals surface area contributed by atoms with Gasteiger partial charge in [-0.2, -0.15) is 0 Å². The van der Waals surface area contributed by atoms with Gasteiger partial charge in [-0.3, -0.25) is 4.79 Å². The Hall–Kier alpha value is -2.95. The zero-order chi connectivity index (χ0) is 56.2. The second kappa shape index (κ2) is 68.3. The standard InChI is InChI=1S/C74H131NO3/c1-3-5-7-9-11-13-15-17-19-21-23-25-27-29-31-33-35-36-37-38-40-42-44-46-48-50-52-54-56-58-60-62-64-66-68-70-74(78)75-72(71-76)73(77)69-67-65-63-61-59-57-55-53-51-49-47-45-43-41-39-34-32-30-28-26-24-22-20-18-16-14-12-10-8-6-4-2/h5,7,11,13,17,19,23,25,29,31,35-36,51,53,59,61,67,69,72-73,76-77H,3-4,6,8-10,12,14-16,18,20-22,24,26-28,30,32-34,37-50,52,54-58,60,62-66,68,70-71H2,1-2H3,(H,75,78)/b7-5-,13-11-,19-17-,25-23-,31-29-,36-35-,53-51+,61-59+,69-67+. The van der Waals surface area contributed by atoms with Gasteiger partial charge in [0, 0.05) is 6.42 Å². The van der Waals surface area contributed by atoms with E-state index in [0.717, 1.165) is 77.0 Å². The summed E-state index contributed by atoms with van der Waals surface area (Å²) < 4.78 is 0. The largest absolute Gasteiger partial charge is 0.394 e. The van der Waals surface area contributed by atoms with Crippen molar-refractivity contribution in [3.8, 4) is 0 Å². The first-order valence-corrected chi connectivity index (χ1v) is 34.1. The fourth-order valence-electron chi connectivity index (χ4n) is 10.1. The normalized spacial score (nSPS) is 13.4. The highest BCUT2D eigenvalue weighted by Crippen LogP contribution is 2.17. The number of aliphatic hydroxyl groups excluding tert-OH is 2. The average Bonchev–Trinajstić information content (AvgIpc) is 3.44. The molecule has 0 radical (unpaired) electrons. The molecule has 0 heterocycles. The molecule has 0 rings (SSSR count). The highest BCUT2D eigenvalue weighted by Gasteiger charge is 2.18. The third kappa shape index (κ3) is 63.9. The molecule has 2 unspecified atom stereocenters. The van der Waals surface area contributed by atoms with Crippen LogP contribution in [0.15, 0.2) is 109 Å². The van der Waals surface area contributed by atoms with Crippen LogP contribution in [0.2, 0.25) is 0 Å². The van der Waals surface area contributed by atoms with Gasteiger partial charge >= 0.3 is 0 Å². The fraction of sp³-hybridized carbons (Fsp3) is 0.743. The Kier molecular flexibility index (Phi) is 65.7. The van der Waals surface area contributed by atoms with Crippen LogP contribution in [0.3, 0.4) is 0 Å². The van der Waals surface area contributed by atoms with E-state index < -0.39 is 12.1 Å². The number of nitrogens with one attached hydrogen (secondary N) is 1. The molecule has 1 amide bonds. The van der Waals surface area contributed by atoms with Gasteiger partial charge < -0.3 is 15.5 Å². The van der Waals surface area contributed by atoms with Gasteiger partial charge in [0.05, 0.1) is 18.8 Å². The molecular formula is C74H131NO3. The van der Waals surface area contributed by atoms with E-state index in [4.69, 9.17) is 0 Å². The highest BCUT2D eigenvalue weighted by molar-refractivity contribution is 5.76. The van der Waals surface area contributed by atoms with Gasteiger partial charge in [-0.25, -0.2) is 0 Å². The summed E-state index contributed by atoms with van der Waals surface area (Å²) in [6, 6.07) is -0.653. The number of carbonyl (C=O) groups is 1. The van der Waals surface area contributed by atoms with Crippen molar-refractivity contribution in [2.75, 3.05) is 6.61 Å². The molecule has 4 heteroatoms. The minimum Gasteiger partial charge on any atom is -0.394 e. The monoisotopic (exact) mass is 1080 g/mol. The van der Waals surface area contributed by atoms with Crippen LogP contribution >= 0.6 is 0 Å². The molecule has 0 fully saturated rings. The molecule has 0 saturated carbocycles. The van der Waals surface area contributed by atoms with Crippen molar-refractivity contribution in [2.45, 2.75) is 347 Å². The number of unbranched alkanes of at least 4 members (excludes halogenated alkanes) is 39. The number of amides is 1. The Morgan fingerprint density at radius 3 is 0.897 bits per heavy atom. The van der Waals surface area contributed by atoms with Crippen molar-refractivity contribution in [1.82, 2.24) is 5.32 Å². The summed E-state index contributed by atoms with van der Waals surface area (Å²) in [6.07, 6.45) is 103. The second-order valence-electron chi connectivity index (χ2n) is 22.8. The van der Waals surface area contributed by atoms with Gasteiger partial charge in [0.25, 0.3) is 0 Å². The SMILES string of the molecule is CC/C=C\C/C=C\C/C=C\C/C=C\C/C=C\C/C=C\CCCCCCCCCCCCCCCCCCC(=O)NC(CO)C(O)/C=C/CC/C=C/CC/C=C/CCCCCCCCCCCCCCCCCCCCCCC. The maximum absolute atomic E-state index is 12.5. The molecule has 0 saturated heterocycles. The summed E-state index contributed by atoms with van der Waals surface area (Å²) in [4.78, 5) is 12.5. The van der Waals surface area contributed by atoms with Crippen molar-refractivity contribution in [3.05, 3.63) is 109 Å². The molecular weight excluding hydrogens is 951 g/mol. The molecule has 0 aliphatic rings. The highest BCUT2D eigenvalue weighted by atomic mass is 16.3. The molecule has 3 N–H and O–H groups in total. The molecule has 2 atom stereocenters. The molecule has 0 aromatic carbocycles. The van der Waals surface area contributed by atoms with Crippen molar-refractivity contribution in [2.24, 2.45) is 0 Å². The number of hydrogen-bond acceptors (Lipinski definition) is 3. The molecule has 4 nitrogen and oxygen atoms in total. The van der Waals surface area contributed by atoms with Crippen LogP contribution in [-0.4, -0.2) is 34.9 Å². The number of allylic oxidation sites excluding steroid dienone is 17. The predicted octanol–water partition coefficient (Wildman–Crippen LogP) is 23.4. The topological polar surface area (TPSA) is 69.6 Å². The zero-order valence-electron chi connectivity index (χ0n) is 51.9. The number of carbonyl (C=O) groups excluding carboxylic acids is 1. The van der Waals surface area contributed by atoms with E-state index in [0.29, 0.717) is 6.42 Å². The van der Waals surface area contributed by atoms with Gasteiger partial charge in [-0.05, 0) is 96.3 Å². The van der Waals surface area contributed by atoms with Gasteiger partial charge in [0.1, 0.15) is 0 Å². The lowest BCUT2D eigenvalue weighted by Gasteiger charge is -2.19. The minimum atomic E-state index is -0.877. The van der Waals surface area contributed by atoms with E-state index in [1.807, 2.05) is 6.08 Å². The molecule has 78 heavy (non-hydrogen) atoms. The molecule has 0 aliphatic heterocycles. The lowest BCUT2D eigenvalue weighted by molar-refractivity contribution is -0.123. The third-order valence-electron chi connectivity index (χ3n) is 15.2. The first kappa shape index (κ1) is 75.0. The van der Waals surface area contributed by atoms with Crippen LogP contribution in [0.4, 0.5) is 0 Å². The Labute approximate surface area is 486 Å². The first-order valence-electron chi connectivity index (χ1n) is 34.1. The van der Waals surface area contributed by atoms with E-state index in [-0.39, 0.29) is 12.5 Å². The molecule has 450 valence electrons. The molecule has 0 bridgehead atoms. The van der Waals surface area contributed by atoms with Crippen molar-refractivity contribution < 1.29 is 15.0 Å². The maximum Gasteiger partial charge on any atom is 0.220 e. The van der Waals surface area contributed by atoms with Crippen LogP contribution < -0.4 is 5.32 Å². The Bertz CT molecular complexity index is 1460. The Balaban J connectivity index is 3.53. The van der Waals surface area contributed by atoms with Crippen molar-refractivity contribution in [1.29, 1.82) is 0 Å². The van der Waals surface area contributed by atoms with Gasteiger partial charge in [0.15, 0.2) is 0 Å². The van der Waals surface area contributed by atoms with Crippen LogP contribution in [0, 0.1) is 0 Å². The van der Waals surface area contributed by atoms with E-state index in [9.17, 15) is 15.0 Å². The lowest BCUT2D eigenvalue weighted by Crippen LogP contribution is -2.45. The van der Waals surface area contributed by atoms with Gasteiger partial charge in [0.2, 0.25) is 5.91 Å². The van der Waals surface area contributed by atoms with E-state index >= 15 is 0 Å². The number of hydrogen-bond donors (Lipinski definition) is 3. The van der Waals surface area contributed by atoms with Crippen LogP contribution in [0.25, 0.3) is 0 Å². The lowest BCUT2D eigenvalue weighted by atomic mass is 10.0. The van der Waals surface area contributed by atoms with E-state index in [2.05, 4.69) is 116 Å². The number of aliphatic hydroxyl groups is 2. The van der Waals surface area contributed by atoms with E-state index in [1.165, 1.54) is 238 Å². The van der Waals surface area contributed by atoms with Gasteiger partial charge in [-0.1, -0.05) is 342 Å². The predicted molar refractivity (Wildman–Crippen MR) is 349 cm³/mol. The van der Waals surface area contributed by atoms with Crippen LogP contribution in [-0.2, 0) is 4.79 Å². The summed E-state index contributed by atoms with van der Waals surface area (Å²) in [5.74, 6) is -0.0776. The van der Waals surface area contributed by atoms with Crippen molar-refractivity contribution in [3.63, 3.8) is 0 Å².